The molecular weight excluding hydrogens is 260 g/mol. The van der Waals surface area contributed by atoms with E-state index in [0.29, 0.717) is 0 Å². The number of rotatable bonds is 1. The summed E-state index contributed by atoms with van der Waals surface area (Å²) in [5.41, 5.74) is 2.40. The first kappa shape index (κ1) is 10.2. The van der Waals surface area contributed by atoms with Crippen molar-refractivity contribution in [3.05, 3.63) is 34.6 Å². The molecule has 1 aliphatic rings. The van der Waals surface area contributed by atoms with E-state index in [0.717, 1.165) is 29.7 Å². The quantitative estimate of drug-likeness (QED) is 0.791. The Morgan fingerprint density at radius 3 is 2.86 bits per heavy atom. The average molecular weight is 271 g/mol. The first-order valence-corrected chi connectivity index (χ1v) is 5.70. The Hall–Kier alpha value is -0.320. The van der Waals surface area contributed by atoms with Crippen molar-refractivity contribution < 1.29 is 0 Å². The highest BCUT2D eigenvalue weighted by Crippen LogP contribution is 2.22. The third-order valence-corrected chi connectivity index (χ3v) is 3.08. The van der Waals surface area contributed by atoms with Crippen LogP contribution in [0.5, 0.6) is 0 Å². The lowest BCUT2D eigenvalue weighted by Gasteiger charge is -2.20. The maximum absolute atomic E-state index is 4.37. The third kappa shape index (κ3) is 2.38. The van der Waals surface area contributed by atoms with Crippen molar-refractivity contribution in [1.29, 1.82) is 0 Å². The predicted molar refractivity (Wildman–Crippen MR) is 65.1 cm³/mol. The number of hydrogen-bond acceptors (Lipinski definition) is 3. The molecule has 1 aliphatic heterocycles. The molecule has 2 nitrogen and oxygen atoms in total. The monoisotopic (exact) mass is 270 g/mol. The Kier molecular flexibility index (Phi) is 3.26. The van der Waals surface area contributed by atoms with E-state index in [9.17, 15) is 0 Å². The second-order valence-electron chi connectivity index (χ2n) is 3.25. The molecule has 4 heteroatoms. The summed E-state index contributed by atoms with van der Waals surface area (Å²) in [5.74, 6) is 0. The summed E-state index contributed by atoms with van der Waals surface area (Å²) < 4.78 is 3.02. The molecule has 0 amide bonds. The maximum Gasteiger partial charge on any atom is 0.0660 e. The number of hydrogen-bond donors (Lipinski definition) is 1. The van der Waals surface area contributed by atoms with Crippen LogP contribution in [0.2, 0.25) is 0 Å². The Morgan fingerprint density at radius 1 is 1.43 bits per heavy atom. The predicted octanol–water partition coefficient (Wildman–Crippen LogP) is 2.78. The van der Waals surface area contributed by atoms with Gasteiger partial charge in [0.2, 0.25) is 0 Å². The van der Waals surface area contributed by atoms with Crippen molar-refractivity contribution >= 4 is 34.3 Å². The molecule has 1 aromatic rings. The molecule has 0 aliphatic carbocycles. The van der Waals surface area contributed by atoms with Gasteiger partial charge in [0, 0.05) is 23.8 Å². The molecule has 0 bridgehead atoms. The van der Waals surface area contributed by atoms with Gasteiger partial charge in [0.25, 0.3) is 0 Å². The van der Waals surface area contributed by atoms with Crippen LogP contribution in [0.1, 0.15) is 12.1 Å². The van der Waals surface area contributed by atoms with Crippen molar-refractivity contribution in [2.45, 2.75) is 6.42 Å². The SMILES string of the molecule is SN1CC=C(c2ccc(Br)cn2)CC1. The number of nitrogens with zero attached hydrogens (tertiary/aromatic N) is 2. The molecule has 74 valence electrons. The van der Waals surface area contributed by atoms with E-state index in [1.165, 1.54) is 5.57 Å². The van der Waals surface area contributed by atoms with Crippen molar-refractivity contribution in [1.82, 2.24) is 9.29 Å². The van der Waals surface area contributed by atoms with Crippen molar-refractivity contribution in [3.63, 3.8) is 0 Å². The summed E-state index contributed by atoms with van der Waals surface area (Å²) in [7, 11) is 0. The van der Waals surface area contributed by atoms with Gasteiger partial charge >= 0.3 is 0 Å². The van der Waals surface area contributed by atoms with Gasteiger partial charge in [-0.3, -0.25) is 4.98 Å². The van der Waals surface area contributed by atoms with Crippen LogP contribution in [0.25, 0.3) is 5.57 Å². The minimum Gasteiger partial charge on any atom is -0.255 e. The maximum atomic E-state index is 4.37. The smallest absolute Gasteiger partial charge is 0.0660 e. The topological polar surface area (TPSA) is 16.1 Å². The fraction of sp³-hybridized carbons (Fsp3) is 0.300. The molecule has 1 aromatic heterocycles. The molecule has 0 saturated carbocycles. The van der Waals surface area contributed by atoms with Gasteiger partial charge in [-0.25, -0.2) is 4.31 Å². The molecule has 0 radical (unpaired) electrons. The molecule has 2 rings (SSSR count). The highest BCUT2D eigenvalue weighted by atomic mass is 79.9. The second-order valence-corrected chi connectivity index (χ2v) is 4.74. The van der Waals surface area contributed by atoms with Crippen molar-refractivity contribution in [2.75, 3.05) is 13.1 Å². The van der Waals surface area contributed by atoms with Crippen LogP contribution in [-0.2, 0) is 0 Å². The molecule has 2 heterocycles. The Balaban J connectivity index is 2.19. The highest BCUT2D eigenvalue weighted by molar-refractivity contribution is 9.10. The third-order valence-electron chi connectivity index (χ3n) is 2.24. The normalized spacial score (nSPS) is 18.0. The van der Waals surface area contributed by atoms with Gasteiger partial charge in [-0.15, -0.1) is 0 Å². The van der Waals surface area contributed by atoms with Crippen LogP contribution < -0.4 is 0 Å². The molecular formula is C10H11BrN2S. The Labute approximate surface area is 97.7 Å². The van der Waals surface area contributed by atoms with Gasteiger partial charge in [0.1, 0.15) is 0 Å². The number of pyridine rings is 1. The fourth-order valence-corrected chi connectivity index (χ4v) is 1.87. The van der Waals surface area contributed by atoms with E-state index in [4.69, 9.17) is 0 Å². The minimum absolute atomic E-state index is 0.899. The summed E-state index contributed by atoms with van der Waals surface area (Å²) in [6.07, 6.45) is 5.05. The van der Waals surface area contributed by atoms with E-state index in [1.807, 2.05) is 22.6 Å². The second kappa shape index (κ2) is 4.47. The van der Waals surface area contributed by atoms with Gasteiger partial charge in [0.15, 0.2) is 0 Å². The number of halogens is 1. The van der Waals surface area contributed by atoms with Gasteiger partial charge in [0.05, 0.1) is 5.69 Å². The Morgan fingerprint density at radius 2 is 2.29 bits per heavy atom. The van der Waals surface area contributed by atoms with Crippen LogP contribution in [0.3, 0.4) is 0 Å². The fourth-order valence-electron chi connectivity index (χ4n) is 1.46. The lowest BCUT2D eigenvalue weighted by atomic mass is 10.1. The molecule has 0 spiro atoms. The van der Waals surface area contributed by atoms with E-state index in [-0.39, 0.29) is 0 Å². The van der Waals surface area contributed by atoms with Crippen LogP contribution in [0.4, 0.5) is 0 Å². The molecule has 14 heavy (non-hydrogen) atoms. The van der Waals surface area contributed by atoms with Crippen molar-refractivity contribution in [3.8, 4) is 0 Å². The lowest BCUT2D eigenvalue weighted by Crippen LogP contribution is -2.18. The van der Waals surface area contributed by atoms with E-state index in [1.54, 1.807) is 0 Å². The van der Waals surface area contributed by atoms with E-state index >= 15 is 0 Å². The van der Waals surface area contributed by atoms with Crippen LogP contribution in [-0.4, -0.2) is 22.4 Å². The lowest BCUT2D eigenvalue weighted by molar-refractivity contribution is 0.522. The first-order valence-electron chi connectivity index (χ1n) is 4.50. The zero-order chi connectivity index (χ0) is 9.97. The van der Waals surface area contributed by atoms with Crippen LogP contribution in [0.15, 0.2) is 28.9 Å². The van der Waals surface area contributed by atoms with Gasteiger partial charge in [-0.2, -0.15) is 0 Å². The summed E-state index contributed by atoms with van der Waals surface area (Å²) in [5, 5.41) is 0. The van der Waals surface area contributed by atoms with Gasteiger partial charge in [-0.05, 0) is 40.1 Å². The largest absolute Gasteiger partial charge is 0.255 e. The molecule has 0 unspecified atom stereocenters. The van der Waals surface area contributed by atoms with Crippen molar-refractivity contribution in [2.24, 2.45) is 0 Å². The summed E-state index contributed by atoms with van der Waals surface area (Å²) >= 11 is 7.67. The molecule has 0 atom stereocenters. The van der Waals surface area contributed by atoms with Gasteiger partial charge < -0.3 is 0 Å². The minimum atomic E-state index is 0.899. The average Bonchev–Trinajstić information content (AvgIpc) is 2.21. The highest BCUT2D eigenvalue weighted by Gasteiger charge is 2.10. The van der Waals surface area contributed by atoms with Gasteiger partial charge in [-0.1, -0.05) is 18.9 Å². The summed E-state index contributed by atoms with van der Waals surface area (Å²) in [6.45, 7) is 1.89. The Bertz CT molecular complexity index is 348. The van der Waals surface area contributed by atoms with Crippen LogP contribution >= 0.6 is 28.7 Å². The zero-order valence-corrected chi connectivity index (χ0v) is 10.1. The van der Waals surface area contributed by atoms with E-state index < -0.39 is 0 Å². The van der Waals surface area contributed by atoms with Crippen LogP contribution in [0, 0.1) is 0 Å². The number of thiol groups is 1. The molecule has 0 saturated heterocycles. The summed E-state index contributed by atoms with van der Waals surface area (Å²) in [4.78, 5) is 4.37. The van der Waals surface area contributed by atoms with E-state index in [2.05, 4.69) is 39.8 Å². The zero-order valence-electron chi connectivity index (χ0n) is 7.65. The molecule has 0 fully saturated rings. The first-order chi connectivity index (χ1) is 6.75. The molecule has 0 aromatic carbocycles. The number of aromatic nitrogens is 1. The standard InChI is InChI=1S/C10H11BrN2S/c11-9-1-2-10(12-7-9)8-3-5-13(14)6-4-8/h1-3,7,14H,4-6H2. The molecule has 0 N–H and O–H groups in total. The summed E-state index contributed by atoms with van der Waals surface area (Å²) in [6, 6.07) is 4.07.